The van der Waals surface area contributed by atoms with Crippen molar-refractivity contribution in [2.24, 2.45) is 0 Å². The molecule has 134 valence electrons. The van der Waals surface area contributed by atoms with Gasteiger partial charge in [-0.15, -0.1) is 11.3 Å². The van der Waals surface area contributed by atoms with Crippen molar-refractivity contribution in [1.29, 1.82) is 0 Å². The van der Waals surface area contributed by atoms with Gasteiger partial charge in [-0.3, -0.25) is 4.90 Å². The second-order valence-corrected chi connectivity index (χ2v) is 8.52. The first-order valence-electron chi connectivity index (χ1n) is 9.27. The maximum atomic E-state index is 6.25. The molecule has 5 rings (SSSR count). The third-order valence-corrected chi connectivity index (χ3v) is 6.79. The molecule has 2 aliphatic rings. The number of halogens is 1. The standard InChI is InChI=1S/C20H21ClN4S/c21-20-22-18(17-15-7-4-8-16(15)26-19(17)23-20)25-11-9-24(10-12-25)13-14-5-2-1-3-6-14/h1-3,5-6H,4,7-13H2. The van der Waals surface area contributed by atoms with Gasteiger partial charge in [0, 0.05) is 37.6 Å². The minimum Gasteiger partial charge on any atom is -0.353 e. The van der Waals surface area contributed by atoms with Crippen LogP contribution in [0, 0.1) is 0 Å². The van der Waals surface area contributed by atoms with E-state index in [2.05, 4.69) is 50.1 Å². The van der Waals surface area contributed by atoms with Crippen LogP contribution in [0.4, 0.5) is 5.82 Å². The lowest BCUT2D eigenvalue weighted by Crippen LogP contribution is -2.46. The van der Waals surface area contributed by atoms with Gasteiger partial charge >= 0.3 is 0 Å². The minimum atomic E-state index is 0.374. The number of hydrogen-bond donors (Lipinski definition) is 0. The molecule has 3 heterocycles. The largest absolute Gasteiger partial charge is 0.353 e. The minimum absolute atomic E-state index is 0.374. The first-order chi connectivity index (χ1) is 12.8. The molecular formula is C20H21ClN4S. The summed E-state index contributed by atoms with van der Waals surface area (Å²) < 4.78 is 0. The van der Waals surface area contributed by atoms with Gasteiger partial charge in [0.1, 0.15) is 10.6 Å². The molecule has 26 heavy (non-hydrogen) atoms. The van der Waals surface area contributed by atoms with E-state index in [4.69, 9.17) is 11.6 Å². The second kappa shape index (κ2) is 6.80. The van der Waals surface area contributed by atoms with Crippen molar-refractivity contribution in [1.82, 2.24) is 14.9 Å². The van der Waals surface area contributed by atoms with Crippen LogP contribution in [-0.4, -0.2) is 41.0 Å². The molecule has 1 aromatic carbocycles. The first kappa shape index (κ1) is 16.5. The summed E-state index contributed by atoms with van der Waals surface area (Å²) in [4.78, 5) is 16.6. The van der Waals surface area contributed by atoms with Gasteiger partial charge in [-0.25, -0.2) is 4.98 Å². The van der Waals surface area contributed by atoms with Gasteiger partial charge in [-0.05, 0) is 42.0 Å². The predicted octanol–water partition coefficient (Wildman–Crippen LogP) is 4.16. The second-order valence-electron chi connectivity index (χ2n) is 7.10. The van der Waals surface area contributed by atoms with Crippen LogP contribution in [0.2, 0.25) is 5.28 Å². The summed E-state index contributed by atoms with van der Waals surface area (Å²) in [5.74, 6) is 1.05. The summed E-state index contributed by atoms with van der Waals surface area (Å²) in [5.41, 5.74) is 2.85. The third-order valence-electron chi connectivity index (χ3n) is 5.44. The van der Waals surface area contributed by atoms with Gasteiger partial charge < -0.3 is 4.90 Å². The van der Waals surface area contributed by atoms with E-state index in [1.807, 2.05) is 11.3 Å². The summed E-state index contributed by atoms with van der Waals surface area (Å²) in [7, 11) is 0. The number of hydrogen-bond acceptors (Lipinski definition) is 5. The Labute approximate surface area is 162 Å². The van der Waals surface area contributed by atoms with Crippen molar-refractivity contribution in [2.75, 3.05) is 31.1 Å². The number of aryl methyl sites for hydroxylation is 2. The fraction of sp³-hybridized carbons (Fsp3) is 0.400. The fourth-order valence-electron chi connectivity index (χ4n) is 4.14. The number of aromatic nitrogens is 2. The Morgan fingerprint density at radius 1 is 1.00 bits per heavy atom. The Bertz CT molecular complexity index is 932. The van der Waals surface area contributed by atoms with Gasteiger partial charge in [0.05, 0.1) is 5.39 Å². The summed E-state index contributed by atoms with van der Waals surface area (Å²) in [6.07, 6.45) is 3.59. The van der Waals surface area contributed by atoms with Crippen LogP contribution >= 0.6 is 22.9 Å². The number of anilines is 1. The zero-order chi connectivity index (χ0) is 17.5. The van der Waals surface area contributed by atoms with E-state index in [-0.39, 0.29) is 0 Å². The van der Waals surface area contributed by atoms with Crippen molar-refractivity contribution >= 4 is 39.0 Å². The number of benzene rings is 1. The van der Waals surface area contributed by atoms with Crippen LogP contribution in [0.25, 0.3) is 10.2 Å². The highest BCUT2D eigenvalue weighted by Crippen LogP contribution is 2.41. The van der Waals surface area contributed by atoms with Gasteiger partial charge in [0.15, 0.2) is 0 Å². The molecule has 1 aliphatic carbocycles. The van der Waals surface area contributed by atoms with Crippen LogP contribution < -0.4 is 4.90 Å². The van der Waals surface area contributed by atoms with E-state index >= 15 is 0 Å². The van der Waals surface area contributed by atoms with E-state index in [0.29, 0.717) is 5.28 Å². The lowest BCUT2D eigenvalue weighted by molar-refractivity contribution is 0.249. The monoisotopic (exact) mass is 384 g/mol. The molecular weight excluding hydrogens is 364 g/mol. The molecule has 0 atom stereocenters. The number of nitrogens with zero attached hydrogens (tertiary/aromatic N) is 4. The number of thiophene rings is 1. The van der Waals surface area contributed by atoms with Gasteiger partial charge in [-0.1, -0.05) is 30.3 Å². The molecule has 0 unspecified atom stereocenters. The summed E-state index contributed by atoms with van der Waals surface area (Å²) in [6, 6.07) is 10.7. The zero-order valence-corrected chi connectivity index (χ0v) is 16.2. The van der Waals surface area contributed by atoms with Gasteiger partial charge in [-0.2, -0.15) is 4.98 Å². The predicted molar refractivity (Wildman–Crippen MR) is 108 cm³/mol. The molecule has 0 amide bonds. The van der Waals surface area contributed by atoms with E-state index in [0.717, 1.165) is 49.8 Å². The Morgan fingerprint density at radius 2 is 1.81 bits per heavy atom. The quantitative estimate of drug-likeness (QED) is 0.635. The first-order valence-corrected chi connectivity index (χ1v) is 10.5. The van der Waals surface area contributed by atoms with Crippen LogP contribution in [0.3, 0.4) is 0 Å². The average molecular weight is 385 g/mol. The normalized spacial score (nSPS) is 17.8. The highest BCUT2D eigenvalue weighted by Gasteiger charge is 2.26. The van der Waals surface area contributed by atoms with Crippen molar-refractivity contribution in [3.63, 3.8) is 0 Å². The molecule has 0 saturated carbocycles. The molecule has 0 N–H and O–H groups in total. The molecule has 3 aromatic rings. The molecule has 0 spiro atoms. The summed E-state index contributed by atoms with van der Waals surface area (Å²) in [6.45, 7) is 5.08. The van der Waals surface area contributed by atoms with Crippen molar-refractivity contribution in [3.05, 3.63) is 51.6 Å². The molecule has 1 aliphatic heterocycles. The molecule has 4 nitrogen and oxygen atoms in total. The molecule has 2 aromatic heterocycles. The molecule has 0 bridgehead atoms. The summed E-state index contributed by atoms with van der Waals surface area (Å²) in [5, 5.41) is 1.64. The van der Waals surface area contributed by atoms with Crippen LogP contribution in [0.1, 0.15) is 22.4 Å². The Kier molecular flexibility index (Phi) is 4.31. The van der Waals surface area contributed by atoms with E-state index in [1.165, 1.54) is 34.2 Å². The Balaban J connectivity index is 1.38. The maximum absolute atomic E-state index is 6.25. The highest BCUT2D eigenvalue weighted by atomic mass is 35.5. The van der Waals surface area contributed by atoms with Gasteiger partial charge in [0.2, 0.25) is 5.28 Å². The van der Waals surface area contributed by atoms with Crippen molar-refractivity contribution < 1.29 is 0 Å². The van der Waals surface area contributed by atoms with Crippen LogP contribution in [-0.2, 0) is 19.4 Å². The van der Waals surface area contributed by atoms with Gasteiger partial charge in [0.25, 0.3) is 0 Å². The molecule has 1 saturated heterocycles. The highest BCUT2D eigenvalue weighted by molar-refractivity contribution is 7.19. The van der Waals surface area contributed by atoms with Crippen LogP contribution in [0.15, 0.2) is 30.3 Å². The van der Waals surface area contributed by atoms with Crippen LogP contribution in [0.5, 0.6) is 0 Å². The smallest absolute Gasteiger partial charge is 0.225 e. The Morgan fingerprint density at radius 3 is 2.62 bits per heavy atom. The van der Waals surface area contributed by atoms with Crippen molar-refractivity contribution in [3.8, 4) is 0 Å². The van der Waals surface area contributed by atoms with E-state index in [1.54, 1.807) is 0 Å². The maximum Gasteiger partial charge on any atom is 0.225 e. The average Bonchev–Trinajstić information content (AvgIpc) is 3.23. The molecule has 1 fully saturated rings. The lowest BCUT2D eigenvalue weighted by Gasteiger charge is -2.35. The van der Waals surface area contributed by atoms with E-state index < -0.39 is 0 Å². The lowest BCUT2D eigenvalue weighted by atomic mass is 10.1. The zero-order valence-electron chi connectivity index (χ0n) is 14.6. The molecule has 0 radical (unpaired) electrons. The third kappa shape index (κ3) is 2.98. The molecule has 6 heteroatoms. The number of fused-ring (bicyclic) bond motifs is 3. The topological polar surface area (TPSA) is 32.3 Å². The Hall–Kier alpha value is -1.69. The van der Waals surface area contributed by atoms with E-state index in [9.17, 15) is 0 Å². The fourth-order valence-corrected chi connectivity index (χ4v) is 5.61. The van der Waals surface area contributed by atoms with Crippen molar-refractivity contribution in [2.45, 2.75) is 25.8 Å². The SMILES string of the molecule is Clc1nc(N2CCN(Cc3ccccc3)CC2)c2c3c(sc2n1)CCC3. The number of rotatable bonds is 3. The summed E-state index contributed by atoms with van der Waals surface area (Å²) >= 11 is 8.06. The number of piperazine rings is 1.